The third-order valence-electron chi connectivity index (χ3n) is 2.88. The zero-order valence-electron chi connectivity index (χ0n) is 12.6. The number of hydrogen-bond acceptors (Lipinski definition) is 6. The van der Waals surface area contributed by atoms with Crippen molar-refractivity contribution in [3.8, 4) is 0 Å². The van der Waals surface area contributed by atoms with Crippen LogP contribution >= 0.6 is 11.3 Å². The molecule has 0 amide bonds. The van der Waals surface area contributed by atoms with Crippen molar-refractivity contribution in [1.29, 1.82) is 0 Å². The largest absolute Gasteiger partial charge is 0.465 e. The first-order valence-electron chi connectivity index (χ1n) is 6.58. The van der Waals surface area contributed by atoms with Gasteiger partial charge in [-0.1, -0.05) is 20.8 Å². The molecule has 0 aromatic carbocycles. The maximum atomic E-state index is 11.9. The van der Waals surface area contributed by atoms with Crippen LogP contribution in [0, 0.1) is 5.92 Å². The smallest absolute Gasteiger partial charge is 0.343 e. The van der Waals surface area contributed by atoms with Crippen LogP contribution in [0.2, 0.25) is 0 Å². The summed E-state index contributed by atoms with van der Waals surface area (Å²) in [6.07, 6.45) is 0.360. The molecule has 5 nitrogen and oxygen atoms in total. The second kappa shape index (κ2) is 6.74. The Hall–Kier alpha value is -1.56. The first-order chi connectivity index (χ1) is 9.33. The third kappa shape index (κ3) is 3.30. The highest BCUT2D eigenvalue weighted by atomic mass is 32.1. The lowest BCUT2D eigenvalue weighted by Gasteiger charge is -2.20. The van der Waals surface area contributed by atoms with Gasteiger partial charge in [0.2, 0.25) is 0 Å². The normalized spacial score (nSPS) is 10.7. The zero-order chi connectivity index (χ0) is 15.4. The lowest BCUT2D eigenvalue weighted by molar-refractivity contribution is 0.0603. The zero-order valence-corrected chi connectivity index (χ0v) is 13.5. The van der Waals surface area contributed by atoms with E-state index in [4.69, 9.17) is 10.5 Å². The molecular formula is C14H22N2O3S. The predicted octanol–water partition coefficient (Wildman–Crippen LogP) is 2.80. The van der Waals surface area contributed by atoms with Crippen molar-refractivity contribution in [3.05, 3.63) is 10.4 Å². The second-order valence-electron chi connectivity index (χ2n) is 5.07. The molecule has 0 spiro atoms. The number of Topliss-reactive ketones (excluding diaryl/α,β-unsaturated/α-hetero) is 1. The molecule has 0 aliphatic heterocycles. The van der Waals surface area contributed by atoms with Crippen LogP contribution in [0.5, 0.6) is 0 Å². The summed E-state index contributed by atoms with van der Waals surface area (Å²) in [5, 5.41) is 0.694. The third-order valence-corrected chi connectivity index (χ3v) is 4.24. The highest BCUT2D eigenvalue weighted by Crippen LogP contribution is 2.39. The lowest BCUT2D eigenvalue weighted by Crippen LogP contribution is -2.23. The van der Waals surface area contributed by atoms with Crippen LogP contribution in [0.15, 0.2) is 0 Å². The molecule has 0 bridgehead atoms. The fraction of sp³-hybridized carbons (Fsp3) is 0.571. The molecule has 0 fully saturated rings. The molecule has 1 rings (SSSR count). The fourth-order valence-corrected chi connectivity index (χ4v) is 3.19. The van der Waals surface area contributed by atoms with E-state index in [2.05, 4.69) is 13.8 Å². The van der Waals surface area contributed by atoms with Crippen LogP contribution in [-0.4, -0.2) is 32.5 Å². The molecule has 0 aliphatic carbocycles. The Kier molecular flexibility index (Phi) is 5.56. The Labute approximate surface area is 123 Å². The van der Waals surface area contributed by atoms with Gasteiger partial charge in [0.15, 0.2) is 5.78 Å². The van der Waals surface area contributed by atoms with Gasteiger partial charge in [0.1, 0.15) is 10.6 Å². The van der Waals surface area contributed by atoms with Crippen LogP contribution in [0.1, 0.15) is 47.2 Å². The molecule has 0 radical (unpaired) electrons. The fourth-order valence-electron chi connectivity index (χ4n) is 2.00. The van der Waals surface area contributed by atoms with Gasteiger partial charge in [-0.05, 0) is 5.92 Å². The van der Waals surface area contributed by atoms with Crippen molar-refractivity contribution in [2.75, 3.05) is 31.3 Å². The first-order valence-corrected chi connectivity index (χ1v) is 7.39. The van der Waals surface area contributed by atoms with Crippen LogP contribution in [0.4, 0.5) is 10.7 Å². The van der Waals surface area contributed by atoms with E-state index < -0.39 is 5.97 Å². The number of esters is 1. The molecule has 0 unspecified atom stereocenters. The molecule has 1 aromatic heterocycles. The summed E-state index contributed by atoms with van der Waals surface area (Å²) in [5.74, 6) is -0.125. The van der Waals surface area contributed by atoms with E-state index in [1.165, 1.54) is 18.4 Å². The Bertz CT molecular complexity index is 509. The van der Waals surface area contributed by atoms with Crippen molar-refractivity contribution in [2.45, 2.75) is 27.2 Å². The summed E-state index contributed by atoms with van der Waals surface area (Å²) in [7, 11) is 3.20. The van der Waals surface area contributed by atoms with Gasteiger partial charge in [0, 0.05) is 20.0 Å². The number of carbonyl (C=O) groups excluding carboxylic acids is 2. The quantitative estimate of drug-likeness (QED) is 0.646. The topological polar surface area (TPSA) is 72.6 Å². The number of hydrogen-bond donors (Lipinski definition) is 1. The lowest BCUT2D eigenvalue weighted by atomic mass is 10.1. The number of rotatable bonds is 6. The Morgan fingerprint density at radius 1 is 1.40 bits per heavy atom. The van der Waals surface area contributed by atoms with E-state index in [9.17, 15) is 9.59 Å². The number of thiophene rings is 1. The molecule has 0 saturated carbocycles. The van der Waals surface area contributed by atoms with Gasteiger partial charge in [-0.15, -0.1) is 11.3 Å². The molecule has 0 aliphatic rings. The maximum Gasteiger partial charge on any atom is 0.343 e. The maximum absolute atomic E-state index is 11.9. The van der Waals surface area contributed by atoms with Crippen LogP contribution in [0.25, 0.3) is 0 Å². The number of nitrogens with zero attached hydrogens (tertiary/aromatic N) is 1. The molecule has 20 heavy (non-hydrogen) atoms. The summed E-state index contributed by atoms with van der Waals surface area (Å²) in [6.45, 7) is 6.72. The number of ether oxygens (including phenoxy) is 1. The van der Waals surface area contributed by atoms with E-state index in [0.717, 1.165) is 6.54 Å². The van der Waals surface area contributed by atoms with E-state index in [-0.39, 0.29) is 11.5 Å². The minimum Gasteiger partial charge on any atom is -0.465 e. The number of anilines is 2. The SMILES string of the molecule is CCC(=O)c1sc(N(C)CC(C)C)c(C(=O)OC)c1N. The molecular weight excluding hydrogens is 276 g/mol. The Morgan fingerprint density at radius 2 is 2.00 bits per heavy atom. The van der Waals surface area contributed by atoms with E-state index in [1.54, 1.807) is 6.92 Å². The highest BCUT2D eigenvalue weighted by Gasteiger charge is 2.27. The van der Waals surface area contributed by atoms with Crippen molar-refractivity contribution in [1.82, 2.24) is 0 Å². The van der Waals surface area contributed by atoms with Crippen molar-refractivity contribution in [3.63, 3.8) is 0 Å². The summed E-state index contributed by atoms with van der Waals surface area (Å²) in [5.41, 5.74) is 6.53. The summed E-state index contributed by atoms with van der Waals surface area (Å²) in [6, 6.07) is 0. The minimum atomic E-state index is -0.500. The monoisotopic (exact) mass is 298 g/mol. The van der Waals surface area contributed by atoms with Crippen molar-refractivity contribution < 1.29 is 14.3 Å². The first kappa shape index (κ1) is 16.5. The Morgan fingerprint density at radius 3 is 2.45 bits per heavy atom. The van der Waals surface area contributed by atoms with Crippen LogP contribution in [0.3, 0.4) is 0 Å². The summed E-state index contributed by atoms with van der Waals surface area (Å²) in [4.78, 5) is 26.2. The van der Waals surface area contributed by atoms with Gasteiger partial charge in [-0.25, -0.2) is 4.79 Å². The van der Waals surface area contributed by atoms with E-state index in [1.807, 2.05) is 11.9 Å². The molecule has 0 saturated heterocycles. The van der Waals surface area contributed by atoms with Gasteiger partial charge in [-0.2, -0.15) is 0 Å². The van der Waals surface area contributed by atoms with Gasteiger partial charge in [-0.3, -0.25) is 4.79 Å². The second-order valence-corrected chi connectivity index (χ2v) is 6.07. The average molecular weight is 298 g/mol. The van der Waals surface area contributed by atoms with Gasteiger partial charge in [0.05, 0.1) is 17.7 Å². The molecule has 1 heterocycles. The summed E-state index contributed by atoms with van der Waals surface area (Å²) >= 11 is 1.26. The number of ketones is 1. The minimum absolute atomic E-state index is 0.0538. The number of nitrogen functional groups attached to an aromatic ring is 1. The van der Waals surface area contributed by atoms with Gasteiger partial charge in [0.25, 0.3) is 0 Å². The van der Waals surface area contributed by atoms with Gasteiger partial charge < -0.3 is 15.4 Å². The van der Waals surface area contributed by atoms with Crippen LogP contribution < -0.4 is 10.6 Å². The van der Waals surface area contributed by atoms with Crippen LogP contribution in [-0.2, 0) is 4.74 Å². The number of methoxy groups -OCH3 is 1. The summed E-state index contributed by atoms with van der Waals surface area (Å²) < 4.78 is 4.79. The Balaban J connectivity index is 3.34. The van der Waals surface area contributed by atoms with E-state index in [0.29, 0.717) is 27.8 Å². The average Bonchev–Trinajstić information content (AvgIpc) is 2.74. The van der Waals surface area contributed by atoms with Crippen molar-refractivity contribution >= 4 is 33.8 Å². The van der Waals surface area contributed by atoms with Crippen molar-refractivity contribution in [2.24, 2.45) is 5.92 Å². The standard InChI is InChI=1S/C14H22N2O3S/c1-6-9(17)12-11(15)10(14(18)19-5)13(20-12)16(4)7-8(2)3/h8H,6-7,15H2,1-5H3. The van der Waals surface area contributed by atoms with Gasteiger partial charge >= 0.3 is 5.97 Å². The molecule has 112 valence electrons. The molecule has 1 aromatic rings. The highest BCUT2D eigenvalue weighted by molar-refractivity contribution is 7.19. The molecule has 6 heteroatoms. The molecule has 2 N–H and O–H groups in total. The predicted molar refractivity (Wildman–Crippen MR) is 82.8 cm³/mol. The van der Waals surface area contributed by atoms with E-state index >= 15 is 0 Å². The molecule has 0 atom stereocenters. The number of nitrogens with two attached hydrogens (primary N) is 1. The number of carbonyl (C=O) groups is 2.